The van der Waals surface area contributed by atoms with E-state index in [9.17, 15) is 0 Å². The van der Waals surface area contributed by atoms with Crippen molar-refractivity contribution in [3.05, 3.63) is 100 Å². The summed E-state index contributed by atoms with van der Waals surface area (Å²) in [5, 5.41) is 1.33. The van der Waals surface area contributed by atoms with E-state index in [1.54, 1.807) is 0 Å². The Hall–Kier alpha value is -3.29. The van der Waals surface area contributed by atoms with Gasteiger partial charge in [0.15, 0.2) is 0 Å². The van der Waals surface area contributed by atoms with Gasteiger partial charge in [-0.25, -0.2) is 4.98 Å². The molecule has 30 heavy (non-hydrogen) atoms. The van der Waals surface area contributed by atoms with Crippen LogP contribution in [0.1, 0.15) is 40.0 Å². The monoisotopic (exact) mass is 409 g/mol. The fourth-order valence-corrected chi connectivity index (χ4v) is 5.22. The largest absolute Gasteiger partial charge is 0.359 e. The van der Waals surface area contributed by atoms with Crippen LogP contribution in [0.3, 0.4) is 0 Å². The summed E-state index contributed by atoms with van der Waals surface area (Å²) < 4.78 is 2.05. The second-order valence-corrected chi connectivity index (χ2v) is 8.86. The minimum Gasteiger partial charge on any atom is -0.359 e. The molecule has 0 spiro atoms. The maximum absolute atomic E-state index is 5.60. The summed E-state index contributed by atoms with van der Waals surface area (Å²) in [5.41, 5.74) is 6.20. The molecule has 4 heteroatoms. The minimum absolute atomic E-state index is 0.345. The lowest BCUT2D eigenvalue weighted by atomic mass is 9.97. The van der Waals surface area contributed by atoms with Crippen LogP contribution in [0.5, 0.6) is 0 Å². The van der Waals surface area contributed by atoms with Gasteiger partial charge >= 0.3 is 0 Å². The van der Waals surface area contributed by atoms with E-state index in [0.29, 0.717) is 5.92 Å². The molecule has 0 radical (unpaired) electrons. The first-order valence-corrected chi connectivity index (χ1v) is 11.0. The molecule has 1 aliphatic heterocycles. The molecule has 3 nitrogen and oxygen atoms in total. The molecule has 0 amide bonds. The van der Waals surface area contributed by atoms with Crippen molar-refractivity contribution in [1.29, 1.82) is 0 Å². The number of aromatic nitrogens is 2. The fourth-order valence-electron chi connectivity index (χ4n) is 4.11. The standard InChI is InChI=1S/C26H23N3S/c1-3-20-7-8-21-11-13-28(17-23(21)15-20)26-10-9-25(30-26)19(2)22-5-4-6-24(16-22)29-14-12-27-18-29/h1,4-10,12,14-16,18-19H,11,13,17H2,2H3. The first-order chi connectivity index (χ1) is 14.7. The van der Waals surface area contributed by atoms with Crippen LogP contribution in [-0.4, -0.2) is 16.1 Å². The van der Waals surface area contributed by atoms with Gasteiger partial charge < -0.3 is 9.47 Å². The Morgan fingerprint density at radius 2 is 2.03 bits per heavy atom. The average molecular weight is 410 g/mol. The Morgan fingerprint density at radius 1 is 1.10 bits per heavy atom. The van der Waals surface area contributed by atoms with Gasteiger partial charge in [-0.3, -0.25) is 0 Å². The Morgan fingerprint density at radius 3 is 2.87 bits per heavy atom. The third-order valence-corrected chi connectivity index (χ3v) is 7.24. The molecule has 148 valence electrons. The normalized spacial score (nSPS) is 14.2. The Labute approximate surface area is 181 Å². The van der Waals surface area contributed by atoms with Crippen LogP contribution < -0.4 is 4.90 Å². The SMILES string of the molecule is C#Cc1ccc2c(c1)CN(c1ccc(C(C)c3cccc(-n4ccnc4)c3)s1)CC2. The van der Waals surface area contributed by atoms with Crippen molar-refractivity contribution in [3.63, 3.8) is 0 Å². The summed E-state index contributed by atoms with van der Waals surface area (Å²) >= 11 is 1.90. The van der Waals surface area contributed by atoms with Crippen molar-refractivity contribution in [2.75, 3.05) is 11.4 Å². The van der Waals surface area contributed by atoms with Crippen LogP contribution in [0.15, 0.2) is 73.3 Å². The number of anilines is 1. The van der Waals surface area contributed by atoms with Gasteiger partial charge in [0.05, 0.1) is 11.3 Å². The van der Waals surface area contributed by atoms with Gasteiger partial charge in [0.1, 0.15) is 0 Å². The van der Waals surface area contributed by atoms with E-state index < -0.39 is 0 Å². The van der Waals surface area contributed by atoms with Crippen LogP contribution in [0.2, 0.25) is 0 Å². The second kappa shape index (κ2) is 7.85. The lowest BCUT2D eigenvalue weighted by Gasteiger charge is -2.29. The molecule has 0 saturated carbocycles. The van der Waals surface area contributed by atoms with E-state index in [0.717, 1.165) is 30.8 Å². The van der Waals surface area contributed by atoms with Crippen molar-refractivity contribution >= 4 is 16.3 Å². The summed E-state index contributed by atoms with van der Waals surface area (Å²) in [4.78, 5) is 8.02. The number of thiophene rings is 1. The molecule has 1 atom stereocenters. The molecule has 1 aliphatic rings. The number of terminal acetylenes is 1. The maximum atomic E-state index is 5.60. The van der Waals surface area contributed by atoms with Gasteiger partial charge in [0.25, 0.3) is 0 Å². The predicted molar refractivity (Wildman–Crippen MR) is 125 cm³/mol. The smallest absolute Gasteiger partial charge is 0.0991 e. The quantitative estimate of drug-likeness (QED) is 0.407. The summed E-state index contributed by atoms with van der Waals surface area (Å²) in [7, 11) is 0. The number of benzene rings is 2. The number of hydrogen-bond acceptors (Lipinski definition) is 3. The third-order valence-electron chi connectivity index (χ3n) is 5.91. The Bertz CT molecular complexity index is 1210. The van der Waals surface area contributed by atoms with Crippen LogP contribution in [-0.2, 0) is 13.0 Å². The van der Waals surface area contributed by atoms with Crippen LogP contribution >= 0.6 is 11.3 Å². The minimum atomic E-state index is 0.345. The zero-order chi connectivity index (χ0) is 20.5. The first kappa shape index (κ1) is 18.7. The highest BCUT2D eigenvalue weighted by Crippen LogP contribution is 2.37. The Kier molecular flexibility index (Phi) is 4.90. The molecule has 0 fully saturated rings. The second-order valence-electron chi connectivity index (χ2n) is 7.76. The average Bonchev–Trinajstić information content (AvgIpc) is 3.50. The number of nitrogens with zero attached hydrogens (tertiary/aromatic N) is 3. The summed E-state index contributed by atoms with van der Waals surface area (Å²) in [5.74, 6) is 3.11. The molecule has 5 rings (SSSR count). The topological polar surface area (TPSA) is 21.1 Å². The summed E-state index contributed by atoms with van der Waals surface area (Å²) in [6, 6.07) is 19.7. The summed E-state index contributed by atoms with van der Waals surface area (Å²) in [6.07, 6.45) is 12.3. The van der Waals surface area contributed by atoms with Gasteiger partial charge in [-0.05, 0) is 59.5 Å². The molecule has 0 bridgehead atoms. The number of hydrogen-bond donors (Lipinski definition) is 0. The lowest BCUT2D eigenvalue weighted by molar-refractivity contribution is 0.737. The summed E-state index contributed by atoms with van der Waals surface area (Å²) in [6.45, 7) is 4.26. The van der Waals surface area contributed by atoms with Gasteiger partial charge in [0, 0.05) is 47.5 Å². The molecule has 0 saturated heterocycles. The van der Waals surface area contributed by atoms with Crippen LogP contribution in [0.25, 0.3) is 5.69 Å². The molecule has 4 aromatic rings. The van der Waals surface area contributed by atoms with E-state index in [1.807, 2.05) is 34.6 Å². The molecule has 0 N–H and O–H groups in total. The molecular formula is C26H23N3S. The predicted octanol–water partition coefficient (Wildman–Crippen LogP) is 5.63. The van der Waals surface area contributed by atoms with Crippen LogP contribution in [0, 0.1) is 12.3 Å². The number of imidazole rings is 1. The van der Waals surface area contributed by atoms with E-state index in [4.69, 9.17) is 6.42 Å². The highest BCUT2D eigenvalue weighted by Gasteiger charge is 2.20. The van der Waals surface area contributed by atoms with E-state index in [1.165, 1.54) is 26.6 Å². The van der Waals surface area contributed by atoms with Gasteiger partial charge in [-0.2, -0.15) is 0 Å². The van der Waals surface area contributed by atoms with E-state index in [-0.39, 0.29) is 0 Å². The Balaban J connectivity index is 1.37. The first-order valence-electron chi connectivity index (χ1n) is 10.2. The fraction of sp³-hybridized carbons (Fsp3) is 0.192. The van der Waals surface area contributed by atoms with Gasteiger partial charge in [0.2, 0.25) is 0 Å². The molecule has 3 heterocycles. The molecule has 0 aliphatic carbocycles. The van der Waals surface area contributed by atoms with Crippen molar-refractivity contribution in [3.8, 4) is 18.0 Å². The van der Waals surface area contributed by atoms with Crippen LogP contribution in [0.4, 0.5) is 5.00 Å². The van der Waals surface area contributed by atoms with E-state index >= 15 is 0 Å². The van der Waals surface area contributed by atoms with Gasteiger partial charge in [-0.1, -0.05) is 31.0 Å². The highest BCUT2D eigenvalue weighted by molar-refractivity contribution is 7.16. The number of fused-ring (bicyclic) bond motifs is 1. The van der Waals surface area contributed by atoms with Crippen molar-refractivity contribution < 1.29 is 0 Å². The molecule has 1 unspecified atom stereocenters. The van der Waals surface area contributed by atoms with Crippen molar-refractivity contribution in [2.45, 2.75) is 25.8 Å². The van der Waals surface area contributed by atoms with Crippen molar-refractivity contribution in [2.24, 2.45) is 0 Å². The highest BCUT2D eigenvalue weighted by atomic mass is 32.1. The molecule has 2 aromatic carbocycles. The zero-order valence-corrected chi connectivity index (χ0v) is 17.8. The maximum Gasteiger partial charge on any atom is 0.0991 e. The number of rotatable bonds is 4. The van der Waals surface area contributed by atoms with Crippen molar-refractivity contribution in [1.82, 2.24) is 9.55 Å². The molecule has 2 aromatic heterocycles. The third kappa shape index (κ3) is 3.53. The molecular weight excluding hydrogens is 386 g/mol. The lowest BCUT2D eigenvalue weighted by Crippen LogP contribution is -2.29. The van der Waals surface area contributed by atoms with Gasteiger partial charge in [-0.15, -0.1) is 17.8 Å². The zero-order valence-electron chi connectivity index (χ0n) is 17.0. The van der Waals surface area contributed by atoms with E-state index in [2.05, 4.69) is 77.3 Å².